The second-order valence-corrected chi connectivity index (χ2v) is 6.46. The molecule has 0 aliphatic rings. The first-order valence-corrected chi connectivity index (χ1v) is 7.71. The average Bonchev–Trinajstić information content (AvgIpc) is 2.32. The van der Waals surface area contributed by atoms with E-state index in [4.69, 9.17) is 17.3 Å². The molecule has 0 bridgehead atoms. The summed E-state index contributed by atoms with van der Waals surface area (Å²) in [4.78, 5) is 12.9. The molecule has 0 aromatic heterocycles. The molecule has 1 rings (SSSR count). The first-order chi connectivity index (χ1) is 8.93. The van der Waals surface area contributed by atoms with Gasteiger partial charge < -0.3 is 11.1 Å². The van der Waals surface area contributed by atoms with Gasteiger partial charge in [0.2, 0.25) is 5.91 Å². The smallest absolute Gasteiger partial charge is 0.233 e. The SMILES string of the molecule is CCCC(C)NC(=O)C(C)Sc1ccc(Cl)cc1N. The Kier molecular flexibility index (Phi) is 6.52. The van der Waals surface area contributed by atoms with Crippen LogP contribution in [0.25, 0.3) is 0 Å². The highest BCUT2D eigenvalue weighted by molar-refractivity contribution is 8.00. The summed E-state index contributed by atoms with van der Waals surface area (Å²) in [5, 5.41) is 3.43. The van der Waals surface area contributed by atoms with Crippen LogP contribution >= 0.6 is 23.4 Å². The van der Waals surface area contributed by atoms with Gasteiger partial charge in [0, 0.05) is 21.6 Å². The zero-order valence-corrected chi connectivity index (χ0v) is 13.1. The molecular weight excluding hydrogens is 280 g/mol. The van der Waals surface area contributed by atoms with E-state index < -0.39 is 0 Å². The maximum Gasteiger partial charge on any atom is 0.233 e. The van der Waals surface area contributed by atoms with Gasteiger partial charge in [-0.05, 0) is 38.5 Å². The second-order valence-electron chi connectivity index (χ2n) is 4.64. The molecule has 0 saturated heterocycles. The number of nitrogen functional groups attached to an aromatic ring is 1. The molecule has 2 unspecified atom stereocenters. The highest BCUT2D eigenvalue weighted by Crippen LogP contribution is 2.30. The molecule has 106 valence electrons. The Hall–Kier alpha value is -0.870. The predicted octanol–water partition coefficient (Wildman–Crippen LogP) is 3.71. The van der Waals surface area contributed by atoms with E-state index in [2.05, 4.69) is 12.2 Å². The van der Waals surface area contributed by atoms with Gasteiger partial charge in [-0.2, -0.15) is 0 Å². The molecule has 0 radical (unpaired) electrons. The third-order valence-electron chi connectivity index (χ3n) is 2.76. The van der Waals surface area contributed by atoms with Crippen molar-refractivity contribution in [3.05, 3.63) is 23.2 Å². The summed E-state index contributed by atoms with van der Waals surface area (Å²) in [6.45, 7) is 6.01. The molecule has 2 atom stereocenters. The zero-order valence-electron chi connectivity index (χ0n) is 11.6. The summed E-state index contributed by atoms with van der Waals surface area (Å²) in [6, 6.07) is 5.54. The maximum absolute atomic E-state index is 12.0. The van der Waals surface area contributed by atoms with Gasteiger partial charge >= 0.3 is 0 Å². The molecule has 3 N–H and O–H groups in total. The number of amides is 1. The van der Waals surface area contributed by atoms with E-state index in [1.54, 1.807) is 12.1 Å². The van der Waals surface area contributed by atoms with Gasteiger partial charge in [-0.15, -0.1) is 11.8 Å². The molecule has 3 nitrogen and oxygen atoms in total. The fraction of sp³-hybridized carbons (Fsp3) is 0.500. The lowest BCUT2D eigenvalue weighted by atomic mass is 10.2. The number of rotatable bonds is 6. The first-order valence-electron chi connectivity index (χ1n) is 6.46. The maximum atomic E-state index is 12.0. The van der Waals surface area contributed by atoms with E-state index in [1.165, 1.54) is 11.8 Å². The molecule has 1 aromatic rings. The normalized spacial score (nSPS) is 13.9. The molecule has 19 heavy (non-hydrogen) atoms. The van der Waals surface area contributed by atoms with Crippen molar-refractivity contribution >= 4 is 35.0 Å². The van der Waals surface area contributed by atoms with Crippen LogP contribution in [-0.4, -0.2) is 17.2 Å². The first kappa shape index (κ1) is 16.2. The van der Waals surface area contributed by atoms with Crippen LogP contribution in [0.4, 0.5) is 5.69 Å². The van der Waals surface area contributed by atoms with Crippen molar-refractivity contribution < 1.29 is 4.79 Å². The highest BCUT2D eigenvalue weighted by atomic mass is 35.5. The summed E-state index contributed by atoms with van der Waals surface area (Å²) < 4.78 is 0. The Morgan fingerprint density at radius 2 is 2.16 bits per heavy atom. The van der Waals surface area contributed by atoms with Crippen LogP contribution in [0.2, 0.25) is 5.02 Å². The van der Waals surface area contributed by atoms with Crippen molar-refractivity contribution in [2.24, 2.45) is 0 Å². The van der Waals surface area contributed by atoms with Crippen LogP contribution in [0.5, 0.6) is 0 Å². The van der Waals surface area contributed by atoms with Gasteiger partial charge in [-0.3, -0.25) is 4.79 Å². The average molecular weight is 301 g/mol. The predicted molar refractivity (Wildman–Crippen MR) is 83.7 cm³/mol. The molecule has 0 saturated carbocycles. The zero-order chi connectivity index (χ0) is 14.4. The molecule has 0 spiro atoms. The highest BCUT2D eigenvalue weighted by Gasteiger charge is 2.17. The van der Waals surface area contributed by atoms with E-state index in [0.717, 1.165) is 17.7 Å². The minimum atomic E-state index is -0.178. The lowest BCUT2D eigenvalue weighted by molar-refractivity contribution is -0.120. The fourth-order valence-electron chi connectivity index (χ4n) is 1.74. The van der Waals surface area contributed by atoms with Gasteiger partial charge in [-0.1, -0.05) is 24.9 Å². The molecule has 1 aromatic carbocycles. The molecule has 0 aliphatic heterocycles. The number of carbonyl (C=O) groups excluding carboxylic acids is 1. The van der Waals surface area contributed by atoms with Crippen molar-refractivity contribution in [3.63, 3.8) is 0 Å². The summed E-state index contributed by atoms with van der Waals surface area (Å²) in [6.07, 6.45) is 2.05. The topological polar surface area (TPSA) is 55.1 Å². The molecule has 0 aliphatic carbocycles. The standard InChI is InChI=1S/C14H21ClN2OS/c1-4-5-9(2)17-14(18)10(3)19-13-7-6-11(15)8-12(13)16/h6-10H,4-5,16H2,1-3H3,(H,17,18). The fourth-order valence-corrected chi connectivity index (χ4v) is 2.81. The van der Waals surface area contributed by atoms with Crippen LogP contribution in [-0.2, 0) is 4.79 Å². The third kappa shape index (κ3) is 5.33. The minimum absolute atomic E-state index is 0.0419. The van der Waals surface area contributed by atoms with Crippen molar-refractivity contribution in [3.8, 4) is 0 Å². The summed E-state index contributed by atoms with van der Waals surface area (Å²) in [5.74, 6) is 0.0419. The number of benzene rings is 1. The Morgan fingerprint density at radius 1 is 1.47 bits per heavy atom. The number of carbonyl (C=O) groups is 1. The Balaban J connectivity index is 2.58. The largest absolute Gasteiger partial charge is 0.398 e. The van der Waals surface area contributed by atoms with Crippen LogP contribution < -0.4 is 11.1 Å². The quantitative estimate of drug-likeness (QED) is 0.622. The van der Waals surface area contributed by atoms with Gasteiger partial charge in [0.05, 0.1) is 5.25 Å². The third-order valence-corrected chi connectivity index (χ3v) is 4.18. The Bertz CT molecular complexity index is 439. The van der Waals surface area contributed by atoms with Crippen LogP contribution in [0, 0.1) is 0 Å². The van der Waals surface area contributed by atoms with Crippen molar-refractivity contribution in [1.29, 1.82) is 0 Å². The van der Waals surface area contributed by atoms with E-state index >= 15 is 0 Å². The van der Waals surface area contributed by atoms with Gasteiger partial charge in [-0.25, -0.2) is 0 Å². The Labute approximate surface area is 124 Å². The molecule has 5 heteroatoms. The van der Waals surface area contributed by atoms with E-state index in [-0.39, 0.29) is 17.2 Å². The molecule has 0 heterocycles. The van der Waals surface area contributed by atoms with Gasteiger partial charge in [0.1, 0.15) is 0 Å². The van der Waals surface area contributed by atoms with Crippen LogP contribution in [0.3, 0.4) is 0 Å². The minimum Gasteiger partial charge on any atom is -0.398 e. The molecule has 1 amide bonds. The number of nitrogens with two attached hydrogens (primary N) is 1. The number of hydrogen-bond acceptors (Lipinski definition) is 3. The lowest BCUT2D eigenvalue weighted by Crippen LogP contribution is -2.37. The number of halogens is 1. The van der Waals surface area contributed by atoms with Crippen molar-refractivity contribution in [2.45, 2.75) is 49.8 Å². The van der Waals surface area contributed by atoms with E-state index in [9.17, 15) is 4.79 Å². The Morgan fingerprint density at radius 3 is 2.74 bits per heavy atom. The monoisotopic (exact) mass is 300 g/mol. The summed E-state index contributed by atoms with van der Waals surface area (Å²) >= 11 is 7.30. The van der Waals surface area contributed by atoms with E-state index in [1.807, 2.05) is 19.9 Å². The number of anilines is 1. The van der Waals surface area contributed by atoms with Crippen molar-refractivity contribution in [2.75, 3.05) is 5.73 Å². The van der Waals surface area contributed by atoms with E-state index in [0.29, 0.717) is 10.7 Å². The number of thioether (sulfide) groups is 1. The lowest BCUT2D eigenvalue weighted by Gasteiger charge is -2.17. The second kappa shape index (κ2) is 7.65. The van der Waals surface area contributed by atoms with Crippen LogP contribution in [0.1, 0.15) is 33.6 Å². The summed E-state index contributed by atoms with van der Waals surface area (Å²) in [5.41, 5.74) is 6.49. The van der Waals surface area contributed by atoms with Crippen molar-refractivity contribution in [1.82, 2.24) is 5.32 Å². The molecular formula is C14H21ClN2OS. The summed E-state index contributed by atoms with van der Waals surface area (Å²) in [7, 11) is 0. The number of nitrogens with one attached hydrogen (secondary N) is 1. The molecule has 0 fully saturated rings. The number of hydrogen-bond donors (Lipinski definition) is 2. The van der Waals surface area contributed by atoms with Gasteiger partial charge in [0.15, 0.2) is 0 Å². The van der Waals surface area contributed by atoms with Crippen LogP contribution in [0.15, 0.2) is 23.1 Å². The van der Waals surface area contributed by atoms with Gasteiger partial charge in [0.25, 0.3) is 0 Å².